The Bertz CT molecular complexity index is 692. The molecule has 1 aliphatic carbocycles. The maximum absolute atomic E-state index is 12.4. The van der Waals surface area contributed by atoms with E-state index in [1.807, 2.05) is 0 Å². The van der Waals surface area contributed by atoms with Crippen molar-refractivity contribution in [3.05, 3.63) is 54.0 Å². The van der Waals surface area contributed by atoms with Gasteiger partial charge in [-0.25, -0.2) is 0 Å². The molecule has 3 rings (SSSR count). The van der Waals surface area contributed by atoms with Crippen molar-refractivity contribution in [2.24, 2.45) is 5.92 Å². The van der Waals surface area contributed by atoms with E-state index in [1.165, 1.54) is 25.5 Å². The van der Waals surface area contributed by atoms with E-state index in [2.05, 4.69) is 17.6 Å². The van der Waals surface area contributed by atoms with Crippen molar-refractivity contribution in [3.8, 4) is 0 Å². The summed E-state index contributed by atoms with van der Waals surface area (Å²) in [7, 11) is 0. The summed E-state index contributed by atoms with van der Waals surface area (Å²) < 4.78 is 5.05. The third-order valence-electron chi connectivity index (χ3n) is 4.58. The average Bonchev–Trinajstić information content (AvgIpc) is 3.12. The Balaban J connectivity index is 1.59. The largest absolute Gasteiger partial charge is 0.459 e. The topological polar surface area (TPSA) is 71.3 Å². The van der Waals surface area contributed by atoms with Gasteiger partial charge in [-0.2, -0.15) is 0 Å². The van der Waals surface area contributed by atoms with E-state index in [9.17, 15) is 9.59 Å². The minimum Gasteiger partial charge on any atom is -0.459 e. The Morgan fingerprint density at radius 1 is 1.04 bits per heavy atom. The first-order valence-corrected chi connectivity index (χ1v) is 8.39. The van der Waals surface area contributed by atoms with Crippen molar-refractivity contribution >= 4 is 17.5 Å². The van der Waals surface area contributed by atoms with Crippen LogP contribution < -0.4 is 10.6 Å². The van der Waals surface area contributed by atoms with Crippen LogP contribution in [0.1, 0.15) is 53.5 Å². The molecule has 2 N–H and O–H groups in total. The first kappa shape index (κ1) is 16.3. The molecule has 0 bridgehead atoms. The number of nitrogens with one attached hydrogen (secondary N) is 2. The fraction of sp³-hybridized carbons (Fsp3) is 0.368. The highest BCUT2D eigenvalue weighted by molar-refractivity contribution is 6.02. The Kier molecular flexibility index (Phi) is 4.99. The van der Waals surface area contributed by atoms with E-state index >= 15 is 0 Å². The molecule has 0 radical (unpaired) electrons. The van der Waals surface area contributed by atoms with Gasteiger partial charge in [0.2, 0.25) is 0 Å². The van der Waals surface area contributed by atoms with Crippen molar-refractivity contribution in [2.75, 3.05) is 5.32 Å². The van der Waals surface area contributed by atoms with Gasteiger partial charge in [0.05, 0.1) is 6.26 Å². The van der Waals surface area contributed by atoms with Crippen LogP contribution in [0.15, 0.2) is 47.1 Å². The predicted octanol–water partition coefficient (Wildman–Crippen LogP) is 3.84. The number of furan rings is 1. The molecule has 0 saturated heterocycles. The molecule has 24 heavy (non-hydrogen) atoms. The fourth-order valence-corrected chi connectivity index (χ4v) is 3.09. The molecule has 5 heteroatoms. The normalized spacial score (nSPS) is 20.4. The van der Waals surface area contributed by atoms with Crippen LogP contribution in [0.5, 0.6) is 0 Å². The Labute approximate surface area is 141 Å². The zero-order valence-corrected chi connectivity index (χ0v) is 13.7. The first-order chi connectivity index (χ1) is 11.6. The second kappa shape index (κ2) is 7.34. The lowest BCUT2D eigenvalue weighted by Gasteiger charge is -2.29. The number of carbonyl (C=O) groups is 2. The molecular formula is C19H22N2O3. The van der Waals surface area contributed by atoms with E-state index < -0.39 is 0 Å². The summed E-state index contributed by atoms with van der Waals surface area (Å²) in [4.78, 5) is 24.3. The van der Waals surface area contributed by atoms with Crippen LogP contribution in [0.4, 0.5) is 5.69 Å². The predicted molar refractivity (Wildman–Crippen MR) is 92.0 cm³/mol. The van der Waals surface area contributed by atoms with Gasteiger partial charge < -0.3 is 15.1 Å². The molecule has 2 unspecified atom stereocenters. The second-order valence-electron chi connectivity index (χ2n) is 6.35. The molecule has 2 amide bonds. The monoisotopic (exact) mass is 326 g/mol. The summed E-state index contributed by atoms with van der Waals surface area (Å²) in [6.07, 6.45) is 6.09. The molecule has 1 heterocycles. The number of benzene rings is 1. The molecule has 0 aliphatic heterocycles. The molecule has 1 aromatic heterocycles. The van der Waals surface area contributed by atoms with Crippen molar-refractivity contribution in [2.45, 2.75) is 38.6 Å². The third-order valence-corrected chi connectivity index (χ3v) is 4.58. The minimum absolute atomic E-state index is 0.0577. The molecule has 1 fully saturated rings. The van der Waals surface area contributed by atoms with Crippen molar-refractivity contribution < 1.29 is 14.0 Å². The van der Waals surface area contributed by atoms with Crippen LogP contribution in [0.3, 0.4) is 0 Å². The van der Waals surface area contributed by atoms with Crippen molar-refractivity contribution in [1.82, 2.24) is 5.32 Å². The van der Waals surface area contributed by atoms with Gasteiger partial charge in [0, 0.05) is 17.3 Å². The van der Waals surface area contributed by atoms with Crippen LogP contribution in [0.25, 0.3) is 0 Å². The highest BCUT2D eigenvalue weighted by Gasteiger charge is 2.23. The lowest BCUT2D eigenvalue weighted by Crippen LogP contribution is -2.41. The van der Waals surface area contributed by atoms with E-state index in [1.54, 1.807) is 36.4 Å². The van der Waals surface area contributed by atoms with Gasteiger partial charge in [0.15, 0.2) is 5.76 Å². The van der Waals surface area contributed by atoms with Gasteiger partial charge in [-0.15, -0.1) is 0 Å². The van der Waals surface area contributed by atoms with Crippen LogP contribution in [0.2, 0.25) is 0 Å². The Hall–Kier alpha value is -2.56. The number of rotatable bonds is 4. The first-order valence-electron chi connectivity index (χ1n) is 8.39. The molecule has 2 atom stereocenters. The lowest BCUT2D eigenvalue weighted by atomic mass is 9.86. The number of hydrogen-bond donors (Lipinski definition) is 2. The number of amides is 2. The van der Waals surface area contributed by atoms with Gasteiger partial charge in [-0.1, -0.05) is 19.8 Å². The molecule has 126 valence electrons. The van der Waals surface area contributed by atoms with Gasteiger partial charge in [0.1, 0.15) is 0 Å². The maximum Gasteiger partial charge on any atom is 0.291 e. The summed E-state index contributed by atoms with van der Waals surface area (Å²) in [5, 5.41) is 5.86. The summed E-state index contributed by atoms with van der Waals surface area (Å²) >= 11 is 0. The summed E-state index contributed by atoms with van der Waals surface area (Å²) in [5.41, 5.74) is 1.22. The maximum atomic E-state index is 12.4. The van der Waals surface area contributed by atoms with Crippen molar-refractivity contribution in [1.29, 1.82) is 0 Å². The van der Waals surface area contributed by atoms with Gasteiger partial charge in [-0.3, -0.25) is 9.59 Å². The van der Waals surface area contributed by atoms with Crippen LogP contribution in [-0.4, -0.2) is 17.9 Å². The summed E-state index contributed by atoms with van der Waals surface area (Å²) in [6, 6.07) is 10.4. The number of hydrogen-bond acceptors (Lipinski definition) is 3. The summed E-state index contributed by atoms with van der Waals surface area (Å²) in [5.74, 6) is 0.406. The second-order valence-corrected chi connectivity index (χ2v) is 6.35. The van der Waals surface area contributed by atoms with Crippen LogP contribution >= 0.6 is 0 Å². The smallest absolute Gasteiger partial charge is 0.291 e. The zero-order valence-electron chi connectivity index (χ0n) is 13.7. The molecule has 1 aliphatic rings. The van der Waals surface area contributed by atoms with E-state index in [-0.39, 0.29) is 23.6 Å². The number of anilines is 1. The van der Waals surface area contributed by atoms with Crippen LogP contribution in [-0.2, 0) is 0 Å². The van der Waals surface area contributed by atoms with Crippen LogP contribution in [0, 0.1) is 5.92 Å². The van der Waals surface area contributed by atoms with E-state index in [0.717, 1.165) is 6.42 Å². The van der Waals surface area contributed by atoms with Gasteiger partial charge in [0.25, 0.3) is 11.8 Å². The SMILES string of the molecule is CC1CCCCC1NC(=O)c1ccc(NC(=O)c2ccco2)cc1. The highest BCUT2D eigenvalue weighted by atomic mass is 16.3. The van der Waals surface area contributed by atoms with Crippen molar-refractivity contribution in [3.63, 3.8) is 0 Å². The minimum atomic E-state index is -0.312. The molecule has 0 spiro atoms. The quantitative estimate of drug-likeness (QED) is 0.896. The molecule has 2 aromatic rings. The lowest BCUT2D eigenvalue weighted by molar-refractivity contribution is 0.0910. The number of carbonyl (C=O) groups excluding carboxylic acids is 2. The fourth-order valence-electron chi connectivity index (χ4n) is 3.09. The average molecular weight is 326 g/mol. The van der Waals surface area contributed by atoms with E-state index in [0.29, 0.717) is 17.2 Å². The highest BCUT2D eigenvalue weighted by Crippen LogP contribution is 2.24. The third kappa shape index (κ3) is 3.85. The van der Waals surface area contributed by atoms with Gasteiger partial charge in [-0.05, 0) is 55.2 Å². The summed E-state index contributed by atoms with van der Waals surface area (Å²) in [6.45, 7) is 2.19. The molecular weight excluding hydrogens is 304 g/mol. The zero-order chi connectivity index (χ0) is 16.9. The molecule has 1 aromatic carbocycles. The Morgan fingerprint density at radius 3 is 2.46 bits per heavy atom. The Morgan fingerprint density at radius 2 is 1.79 bits per heavy atom. The van der Waals surface area contributed by atoms with Gasteiger partial charge >= 0.3 is 0 Å². The standard InChI is InChI=1S/C19H22N2O3/c1-13-5-2-3-6-16(13)21-18(22)14-8-10-15(11-9-14)20-19(23)17-7-4-12-24-17/h4,7-13,16H,2-3,5-6H2,1H3,(H,20,23)(H,21,22). The molecule has 1 saturated carbocycles. The molecule has 5 nitrogen and oxygen atoms in total. The van der Waals surface area contributed by atoms with E-state index in [4.69, 9.17) is 4.42 Å².